The molecule has 0 saturated carbocycles. The number of hydrogen-bond donors (Lipinski definition) is 0. The van der Waals surface area contributed by atoms with Crippen LogP contribution < -0.4 is 4.74 Å². The summed E-state index contributed by atoms with van der Waals surface area (Å²) in [4.78, 5) is 14.9. The average Bonchev–Trinajstić information content (AvgIpc) is 3.18. The predicted molar refractivity (Wildman–Crippen MR) is 83.6 cm³/mol. The number of amides is 1. The van der Waals surface area contributed by atoms with E-state index in [9.17, 15) is 4.79 Å². The van der Waals surface area contributed by atoms with Crippen LogP contribution in [0.25, 0.3) is 0 Å². The molecular weight excluding hydrogens is 310 g/mol. The lowest BCUT2D eigenvalue weighted by atomic mass is 9.96. The minimum absolute atomic E-state index is 0.00150. The summed E-state index contributed by atoms with van der Waals surface area (Å²) in [7, 11) is 0. The monoisotopic (exact) mass is 329 g/mol. The number of hydrogen-bond acceptors (Lipinski definition) is 6. The van der Waals surface area contributed by atoms with Crippen molar-refractivity contribution < 1.29 is 18.7 Å². The number of fused-ring (bicyclic) bond motifs is 1. The molecule has 7 heteroatoms. The molecule has 3 heterocycles. The molecule has 1 aromatic carbocycles. The fraction of sp³-hybridized carbons (Fsp3) is 0.471. The van der Waals surface area contributed by atoms with Gasteiger partial charge >= 0.3 is 0 Å². The number of nitrogens with zero attached hydrogens (tertiary/aromatic N) is 3. The van der Waals surface area contributed by atoms with Gasteiger partial charge in [-0.15, -0.1) is 10.2 Å². The van der Waals surface area contributed by atoms with Gasteiger partial charge in [-0.05, 0) is 6.07 Å². The third-order valence-corrected chi connectivity index (χ3v) is 4.60. The molecule has 0 unspecified atom stereocenters. The summed E-state index contributed by atoms with van der Waals surface area (Å²) in [5.74, 6) is 1.59. The van der Waals surface area contributed by atoms with Crippen molar-refractivity contribution in [2.45, 2.75) is 31.9 Å². The third-order valence-electron chi connectivity index (χ3n) is 4.60. The van der Waals surface area contributed by atoms with Gasteiger partial charge in [0.25, 0.3) is 5.91 Å². The molecule has 2 aliphatic heterocycles. The van der Waals surface area contributed by atoms with E-state index >= 15 is 0 Å². The number of rotatable bonds is 2. The maximum absolute atomic E-state index is 13.1. The van der Waals surface area contributed by atoms with E-state index in [0.717, 1.165) is 11.3 Å². The molecule has 2 aromatic rings. The van der Waals surface area contributed by atoms with Gasteiger partial charge in [0.1, 0.15) is 11.8 Å². The summed E-state index contributed by atoms with van der Waals surface area (Å²) in [6, 6.07) is 7.41. The van der Waals surface area contributed by atoms with Crippen molar-refractivity contribution in [3.8, 4) is 5.75 Å². The molecule has 0 N–H and O–H groups in total. The van der Waals surface area contributed by atoms with Gasteiger partial charge in [-0.25, -0.2) is 0 Å². The standard InChI is InChI=1S/C17H19N3O4/c1-10-12-5-3-4-6-14(12)24-15(10)17(21)20-7-8-22-9-13(20)16-19-18-11(2)23-16/h3-6,10,13,15H,7-9H2,1-2H3/t10-,13+,15+/m1/s1. The van der Waals surface area contributed by atoms with E-state index in [1.165, 1.54) is 0 Å². The van der Waals surface area contributed by atoms with Crippen molar-refractivity contribution in [3.05, 3.63) is 41.6 Å². The van der Waals surface area contributed by atoms with Crippen LogP contribution in [0.2, 0.25) is 0 Å². The first kappa shape index (κ1) is 15.1. The first-order chi connectivity index (χ1) is 11.6. The SMILES string of the molecule is Cc1nnc([C@@H]2COCCN2C(=O)[C@H]2Oc3ccccc3[C@H]2C)o1. The number of carbonyl (C=O) groups excluding carboxylic acids is 1. The highest BCUT2D eigenvalue weighted by molar-refractivity contribution is 5.84. The Bertz CT molecular complexity index is 760. The van der Waals surface area contributed by atoms with E-state index in [-0.39, 0.29) is 17.9 Å². The van der Waals surface area contributed by atoms with Gasteiger partial charge in [0.15, 0.2) is 6.10 Å². The maximum atomic E-state index is 13.1. The van der Waals surface area contributed by atoms with E-state index in [2.05, 4.69) is 10.2 Å². The fourth-order valence-corrected chi connectivity index (χ4v) is 3.31. The second kappa shape index (κ2) is 5.90. The van der Waals surface area contributed by atoms with Crippen LogP contribution in [0.5, 0.6) is 5.75 Å². The Hall–Kier alpha value is -2.41. The number of benzene rings is 1. The van der Waals surface area contributed by atoms with Gasteiger partial charge in [-0.1, -0.05) is 25.1 Å². The predicted octanol–water partition coefficient (Wildman–Crippen LogP) is 1.84. The lowest BCUT2D eigenvalue weighted by Crippen LogP contribution is -2.49. The van der Waals surface area contributed by atoms with Gasteiger partial charge in [0.2, 0.25) is 11.8 Å². The molecule has 24 heavy (non-hydrogen) atoms. The summed E-state index contributed by atoms with van der Waals surface area (Å²) in [5, 5.41) is 7.91. The first-order valence-electron chi connectivity index (χ1n) is 8.09. The minimum atomic E-state index is -0.535. The highest BCUT2D eigenvalue weighted by atomic mass is 16.5. The third kappa shape index (κ3) is 2.45. The average molecular weight is 329 g/mol. The van der Waals surface area contributed by atoms with Gasteiger partial charge in [-0.2, -0.15) is 0 Å². The molecule has 7 nitrogen and oxygen atoms in total. The molecule has 4 rings (SSSR count). The molecule has 0 bridgehead atoms. The van der Waals surface area contributed by atoms with Crippen LogP contribution in [0.1, 0.15) is 36.2 Å². The number of ether oxygens (including phenoxy) is 2. The normalized spacial score (nSPS) is 26.1. The van der Waals surface area contributed by atoms with E-state index in [1.807, 2.05) is 31.2 Å². The summed E-state index contributed by atoms with van der Waals surface area (Å²) < 4.78 is 17.0. The van der Waals surface area contributed by atoms with Gasteiger partial charge in [0.05, 0.1) is 13.2 Å². The van der Waals surface area contributed by atoms with Crippen molar-refractivity contribution in [3.63, 3.8) is 0 Å². The molecule has 0 aliphatic carbocycles. The zero-order valence-corrected chi connectivity index (χ0v) is 13.6. The zero-order chi connectivity index (χ0) is 16.7. The topological polar surface area (TPSA) is 77.7 Å². The van der Waals surface area contributed by atoms with Gasteiger partial charge < -0.3 is 18.8 Å². The molecule has 1 fully saturated rings. The first-order valence-corrected chi connectivity index (χ1v) is 8.09. The molecule has 1 amide bonds. The number of para-hydroxylation sites is 1. The highest BCUT2D eigenvalue weighted by Crippen LogP contribution is 2.39. The summed E-state index contributed by atoms with van der Waals surface area (Å²) in [6.07, 6.45) is -0.535. The molecule has 3 atom stereocenters. The lowest BCUT2D eigenvalue weighted by Gasteiger charge is -2.35. The summed E-state index contributed by atoms with van der Waals surface area (Å²) in [5.41, 5.74) is 1.06. The number of aromatic nitrogens is 2. The van der Waals surface area contributed by atoms with Crippen LogP contribution in [0.4, 0.5) is 0 Å². The van der Waals surface area contributed by atoms with Crippen LogP contribution in [0, 0.1) is 6.92 Å². The van der Waals surface area contributed by atoms with Gasteiger partial charge in [-0.3, -0.25) is 4.79 Å². The van der Waals surface area contributed by atoms with E-state index < -0.39 is 6.10 Å². The van der Waals surface area contributed by atoms with Gasteiger partial charge in [0, 0.05) is 24.9 Å². The van der Waals surface area contributed by atoms with Crippen molar-refractivity contribution in [1.82, 2.24) is 15.1 Å². The summed E-state index contributed by atoms with van der Waals surface area (Å²) in [6.45, 7) is 5.06. The fourth-order valence-electron chi connectivity index (χ4n) is 3.31. The number of aryl methyl sites for hydroxylation is 1. The smallest absolute Gasteiger partial charge is 0.265 e. The molecule has 0 radical (unpaired) electrons. The number of carbonyl (C=O) groups is 1. The molecule has 126 valence electrons. The quantitative estimate of drug-likeness (QED) is 0.837. The Morgan fingerprint density at radius 1 is 1.29 bits per heavy atom. The van der Waals surface area contributed by atoms with Crippen molar-refractivity contribution in [1.29, 1.82) is 0 Å². The van der Waals surface area contributed by atoms with Crippen LogP contribution in [0.3, 0.4) is 0 Å². The second-order valence-corrected chi connectivity index (χ2v) is 6.15. The lowest BCUT2D eigenvalue weighted by molar-refractivity contribution is -0.148. The van der Waals surface area contributed by atoms with Crippen molar-refractivity contribution in [2.24, 2.45) is 0 Å². The van der Waals surface area contributed by atoms with Crippen LogP contribution >= 0.6 is 0 Å². The Kier molecular flexibility index (Phi) is 3.72. The van der Waals surface area contributed by atoms with Crippen LogP contribution in [0.15, 0.2) is 28.7 Å². The van der Waals surface area contributed by atoms with E-state index in [4.69, 9.17) is 13.9 Å². The van der Waals surface area contributed by atoms with Crippen LogP contribution in [-0.4, -0.2) is 46.9 Å². The Labute approximate surface area is 139 Å². The minimum Gasteiger partial charge on any atom is -0.480 e. The second-order valence-electron chi connectivity index (χ2n) is 6.15. The Balaban J connectivity index is 1.59. The molecule has 1 saturated heterocycles. The van der Waals surface area contributed by atoms with Crippen molar-refractivity contribution in [2.75, 3.05) is 19.8 Å². The van der Waals surface area contributed by atoms with Crippen molar-refractivity contribution >= 4 is 5.91 Å². The van der Waals surface area contributed by atoms with E-state index in [1.54, 1.807) is 11.8 Å². The summed E-state index contributed by atoms with van der Waals surface area (Å²) >= 11 is 0. The van der Waals surface area contributed by atoms with E-state index in [0.29, 0.717) is 31.5 Å². The van der Waals surface area contributed by atoms with Crippen LogP contribution in [-0.2, 0) is 9.53 Å². The molecular formula is C17H19N3O4. The highest BCUT2D eigenvalue weighted by Gasteiger charge is 2.42. The zero-order valence-electron chi connectivity index (χ0n) is 13.6. The Morgan fingerprint density at radius 3 is 2.88 bits per heavy atom. The largest absolute Gasteiger partial charge is 0.480 e. The molecule has 2 aliphatic rings. The maximum Gasteiger partial charge on any atom is 0.265 e. The molecule has 0 spiro atoms. The Morgan fingerprint density at radius 2 is 2.12 bits per heavy atom. The molecule has 1 aromatic heterocycles. The number of morpholine rings is 1.